The number of fused-ring (bicyclic) bond motifs is 1. The van der Waals surface area contributed by atoms with Crippen molar-refractivity contribution in [2.45, 2.75) is 52.2 Å². The van der Waals surface area contributed by atoms with Gasteiger partial charge in [-0.1, -0.05) is 12.1 Å². The van der Waals surface area contributed by atoms with E-state index in [0.717, 1.165) is 23.9 Å². The molecule has 152 valence electrons. The molecule has 0 N–H and O–H groups in total. The van der Waals surface area contributed by atoms with E-state index >= 15 is 0 Å². The van der Waals surface area contributed by atoms with Gasteiger partial charge in [-0.25, -0.2) is 14.8 Å². The van der Waals surface area contributed by atoms with Crippen molar-refractivity contribution in [2.75, 3.05) is 31.6 Å². The molecule has 1 amide bonds. The molecular weight excluding hydrogens is 356 g/mol. The van der Waals surface area contributed by atoms with Gasteiger partial charge in [0.1, 0.15) is 5.60 Å². The fourth-order valence-electron chi connectivity index (χ4n) is 3.37. The minimum atomic E-state index is -0.498. The number of hydrogen-bond donors (Lipinski definition) is 0. The molecule has 7 nitrogen and oxygen atoms in total. The van der Waals surface area contributed by atoms with E-state index in [1.54, 1.807) is 4.90 Å². The summed E-state index contributed by atoms with van der Waals surface area (Å²) in [5, 5.41) is 0. The van der Waals surface area contributed by atoms with E-state index in [0.29, 0.717) is 31.4 Å². The number of para-hydroxylation sites is 2. The largest absolute Gasteiger partial charge is 0.475 e. The fourth-order valence-corrected chi connectivity index (χ4v) is 3.37. The lowest BCUT2D eigenvalue weighted by Crippen LogP contribution is -2.50. The Morgan fingerprint density at radius 3 is 2.57 bits per heavy atom. The van der Waals surface area contributed by atoms with Crippen LogP contribution in [0.25, 0.3) is 11.0 Å². The molecule has 1 atom stereocenters. The minimum absolute atomic E-state index is 0.121. The summed E-state index contributed by atoms with van der Waals surface area (Å²) in [5.74, 6) is 1.23. The molecular formula is C21H30N4O3. The van der Waals surface area contributed by atoms with E-state index in [4.69, 9.17) is 14.5 Å². The van der Waals surface area contributed by atoms with Gasteiger partial charge in [-0.3, -0.25) is 0 Å². The topological polar surface area (TPSA) is 67.8 Å². The summed E-state index contributed by atoms with van der Waals surface area (Å²) >= 11 is 0. The van der Waals surface area contributed by atoms with Gasteiger partial charge >= 0.3 is 6.09 Å². The molecule has 2 heterocycles. The van der Waals surface area contributed by atoms with Crippen LogP contribution in [0, 0.1) is 0 Å². The average Bonchev–Trinajstić information content (AvgIpc) is 2.66. The summed E-state index contributed by atoms with van der Waals surface area (Å²) in [7, 11) is 1.99. The maximum atomic E-state index is 12.5. The number of carbonyl (C=O) groups excluding carboxylic acids is 1. The van der Waals surface area contributed by atoms with E-state index in [9.17, 15) is 4.79 Å². The van der Waals surface area contributed by atoms with Crippen LogP contribution in [-0.2, 0) is 4.74 Å². The number of hydrogen-bond acceptors (Lipinski definition) is 6. The molecule has 1 aromatic carbocycles. The number of piperidine rings is 1. The Balaban J connectivity index is 1.83. The van der Waals surface area contributed by atoms with Gasteiger partial charge in [0.25, 0.3) is 5.88 Å². The third-order valence-corrected chi connectivity index (χ3v) is 4.73. The van der Waals surface area contributed by atoms with Crippen molar-refractivity contribution in [1.82, 2.24) is 14.9 Å². The van der Waals surface area contributed by atoms with Crippen molar-refractivity contribution in [2.24, 2.45) is 0 Å². The van der Waals surface area contributed by atoms with Crippen LogP contribution in [-0.4, -0.2) is 59.3 Å². The van der Waals surface area contributed by atoms with Gasteiger partial charge in [0, 0.05) is 26.2 Å². The molecule has 3 rings (SSSR count). The Kier molecular flexibility index (Phi) is 5.91. The first kappa shape index (κ1) is 20.2. The molecule has 2 aromatic rings. The maximum Gasteiger partial charge on any atom is 0.410 e. The highest BCUT2D eigenvalue weighted by Crippen LogP contribution is 2.30. The van der Waals surface area contributed by atoms with Gasteiger partial charge < -0.3 is 19.3 Å². The van der Waals surface area contributed by atoms with Gasteiger partial charge in [0.2, 0.25) is 0 Å². The predicted molar refractivity (Wildman–Crippen MR) is 110 cm³/mol. The van der Waals surface area contributed by atoms with Crippen LogP contribution in [0.3, 0.4) is 0 Å². The third kappa shape index (κ3) is 4.64. The Hall–Kier alpha value is -2.57. The van der Waals surface area contributed by atoms with Crippen molar-refractivity contribution in [3.8, 4) is 5.88 Å². The number of anilines is 1. The Morgan fingerprint density at radius 1 is 1.25 bits per heavy atom. The van der Waals surface area contributed by atoms with Crippen molar-refractivity contribution >= 4 is 22.9 Å². The van der Waals surface area contributed by atoms with Crippen LogP contribution < -0.4 is 9.64 Å². The predicted octanol–water partition coefficient (Wildman–Crippen LogP) is 3.86. The molecule has 1 aliphatic rings. The van der Waals surface area contributed by atoms with Gasteiger partial charge in [0.15, 0.2) is 5.82 Å². The quantitative estimate of drug-likeness (QED) is 0.795. The summed E-state index contributed by atoms with van der Waals surface area (Å²) in [6.45, 7) is 9.41. The first-order valence-corrected chi connectivity index (χ1v) is 9.89. The van der Waals surface area contributed by atoms with E-state index in [1.165, 1.54) is 0 Å². The molecule has 1 saturated heterocycles. The molecule has 0 saturated carbocycles. The number of benzene rings is 1. The normalized spacial score (nSPS) is 17.5. The lowest BCUT2D eigenvalue weighted by atomic mass is 10.0. The molecule has 1 aromatic heterocycles. The smallest absolute Gasteiger partial charge is 0.410 e. The highest BCUT2D eigenvalue weighted by molar-refractivity contribution is 5.77. The number of amides is 1. The Bertz CT molecular complexity index is 834. The van der Waals surface area contributed by atoms with Crippen LogP contribution in [0.15, 0.2) is 24.3 Å². The summed E-state index contributed by atoms with van der Waals surface area (Å²) < 4.78 is 11.3. The molecule has 0 radical (unpaired) electrons. The second kappa shape index (κ2) is 8.20. The van der Waals surface area contributed by atoms with Crippen molar-refractivity contribution in [1.29, 1.82) is 0 Å². The SMILES string of the molecule is CCOc1nc2ccccc2nc1N(C)[C@@H]1CCCN(C(=O)OC(C)(C)C)C1. The van der Waals surface area contributed by atoms with Crippen molar-refractivity contribution in [3.05, 3.63) is 24.3 Å². The second-order valence-corrected chi connectivity index (χ2v) is 8.11. The number of ether oxygens (including phenoxy) is 2. The van der Waals surface area contributed by atoms with Gasteiger partial charge in [-0.05, 0) is 52.7 Å². The zero-order valence-electron chi connectivity index (χ0n) is 17.4. The molecule has 0 spiro atoms. The molecule has 0 unspecified atom stereocenters. The second-order valence-electron chi connectivity index (χ2n) is 8.11. The van der Waals surface area contributed by atoms with Crippen LogP contribution in [0.2, 0.25) is 0 Å². The number of rotatable bonds is 4. The lowest BCUT2D eigenvalue weighted by Gasteiger charge is -2.38. The fraction of sp³-hybridized carbons (Fsp3) is 0.571. The molecule has 0 bridgehead atoms. The van der Waals surface area contributed by atoms with E-state index in [-0.39, 0.29) is 12.1 Å². The number of likely N-dealkylation sites (tertiary alicyclic amines) is 1. The van der Waals surface area contributed by atoms with Crippen molar-refractivity contribution in [3.63, 3.8) is 0 Å². The average molecular weight is 386 g/mol. The lowest BCUT2D eigenvalue weighted by molar-refractivity contribution is 0.0199. The van der Waals surface area contributed by atoms with Crippen molar-refractivity contribution < 1.29 is 14.3 Å². The number of aromatic nitrogens is 2. The Labute approximate surface area is 166 Å². The van der Waals surface area contributed by atoms with E-state index in [2.05, 4.69) is 9.88 Å². The number of likely N-dealkylation sites (N-methyl/N-ethyl adjacent to an activating group) is 1. The molecule has 7 heteroatoms. The summed E-state index contributed by atoms with van der Waals surface area (Å²) in [6.07, 6.45) is 1.62. The van der Waals surface area contributed by atoms with Crippen LogP contribution in [0.1, 0.15) is 40.5 Å². The maximum absolute atomic E-state index is 12.5. The zero-order valence-corrected chi connectivity index (χ0v) is 17.4. The van der Waals surface area contributed by atoms with Gasteiger partial charge in [-0.2, -0.15) is 0 Å². The van der Waals surface area contributed by atoms with Crippen LogP contribution >= 0.6 is 0 Å². The first-order valence-electron chi connectivity index (χ1n) is 9.89. The van der Waals surface area contributed by atoms with Crippen LogP contribution in [0.5, 0.6) is 5.88 Å². The first-order chi connectivity index (χ1) is 13.3. The highest BCUT2D eigenvalue weighted by Gasteiger charge is 2.31. The highest BCUT2D eigenvalue weighted by atomic mass is 16.6. The summed E-state index contributed by atoms with van der Waals surface area (Å²) in [4.78, 5) is 25.8. The number of nitrogens with zero attached hydrogens (tertiary/aromatic N) is 4. The third-order valence-electron chi connectivity index (χ3n) is 4.73. The van der Waals surface area contributed by atoms with E-state index < -0.39 is 5.60 Å². The molecule has 1 fully saturated rings. The van der Waals surface area contributed by atoms with E-state index in [1.807, 2.05) is 59.0 Å². The zero-order chi connectivity index (χ0) is 20.3. The molecule has 28 heavy (non-hydrogen) atoms. The summed E-state index contributed by atoms with van der Waals surface area (Å²) in [6, 6.07) is 7.89. The van der Waals surface area contributed by atoms with Crippen LogP contribution in [0.4, 0.5) is 10.6 Å². The minimum Gasteiger partial charge on any atom is -0.475 e. The van der Waals surface area contributed by atoms with Gasteiger partial charge in [-0.15, -0.1) is 0 Å². The molecule has 1 aliphatic heterocycles. The standard InChI is InChI=1S/C21H30N4O3/c1-6-27-19-18(22-16-11-7-8-12-17(16)23-19)24(5)15-10-9-13-25(14-15)20(26)28-21(2,3)4/h7-8,11-12,15H,6,9-10,13-14H2,1-5H3/t15-/m1/s1. The molecule has 0 aliphatic carbocycles. The Morgan fingerprint density at radius 2 is 1.93 bits per heavy atom. The number of carbonyl (C=O) groups is 1. The monoisotopic (exact) mass is 386 g/mol. The van der Waals surface area contributed by atoms with Gasteiger partial charge in [0.05, 0.1) is 17.6 Å². The summed E-state index contributed by atoms with van der Waals surface area (Å²) in [5.41, 5.74) is 1.14.